The number of halogens is 1. The van der Waals surface area contributed by atoms with E-state index in [1.54, 1.807) is 0 Å². The second-order valence-corrected chi connectivity index (χ2v) is 5.49. The Balaban J connectivity index is 2.07. The minimum Gasteiger partial charge on any atom is -0.371 e. The van der Waals surface area contributed by atoms with Crippen LogP contribution in [0.2, 0.25) is 0 Å². The Morgan fingerprint density at radius 3 is 2.44 bits per heavy atom. The lowest BCUT2D eigenvalue weighted by atomic mass is 9.91. The van der Waals surface area contributed by atoms with Gasteiger partial charge in [0.2, 0.25) is 0 Å². The second-order valence-electron chi connectivity index (χ2n) is 4.63. The zero-order chi connectivity index (χ0) is 11.5. The van der Waals surface area contributed by atoms with E-state index < -0.39 is 0 Å². The largest absolute Gasteiger partial charge is 0.371 e. The number of para-hydroxylation sites is 1. The molecule has 0 aromatic heterocycles. The highest BCUT2D eigenvalue weighted by atomic mass is 79.9. The van der Waals surface area contributed by atoms with Gasteiger partial charge in [0.15, 0.2) is 0 Å². The highest BCUT2D eigenvalue weighted by Gasteiger charge is 2.22. The molecule has 0 saturated heterocycles. The molecule has 1 fully saturated rings. The zero-order valence-electron chi connectivity index (χ0n) is 9.70. The maximum atomic E-state index is 5.94. The van der Waals surface area contributed by atoms with Gasteiger partial charge >= 0.3 is 0 Å². The molecule has 1 saturated carbocycles. The average Bonchev–Trinajstić information content (AvgIpc) is 2.30. The Morgan fingerprint density at radius 1 is 1.19 bits per heavy atom. The Morgan fingerprint density at radius 2 is 1.81 bits per heavy atom. The third-order valence-corrected chi connectivity index (χ3v) is 4.19. The van der Waals surface area contributed by atoms with Crippen molar-refractivity contribution in [3.63, 3.8) is 0 Å². The molecule has 0 amide bonds. The lowest BCUT2D eigenvalue weighted by molar-refractivity contribution is 0.385. The quantitative estimate of drug-likeness (QED) is 0.903. The fraction of sp³-hybridized carbons (Fsp3) is 0.538. The molecule has 0 spiro atoms. The molecule has 2 N–H and O–H groups in total. The molecule has 2 nitrogen and oxygen atoms in total. The van der Waals surface area contributed by atoms with Gasteiger partial charge < -0.3 is 10.6 Å². The number of nitrogens with zero attached hydrogens (tertiary/aromatic N) is 1. The van der Waals surface area contributed by atoms with E-state index in [0.717, 1.165) is 12.8 Å². The van der Waals surface area contributed by atoms with Crippen LogP contribution in [0.25, 0.3) is 0 Å². The first-order valence-electron chi connectivity index (χ1n) is 5.91. The molecule has 0 heterocycles. The normalized spacial score (nSPS) is 25.4. The third kappa shape index (κ3) is 2.58. The number of nitrogens with two attached hydrogens (primary N) is 1. The highest BCUT2D eigenvalue weighted by Crippen LogP contribution is 2.30. The fourth-order valence-electron chi connectivity index (χ4n) is 2.42. The van der Waals surface area contributed by atoms with Crippen molar-refractivity contribution in [2.75, 3.05) is 11.9 Å². The Hall–Kier alpha value is -0.540. The minimum atomic E-state index is 0.420. The number of rotatable bonds is 2. The van der Waals surface area contributed by atoms with Crippen molar-refractivity contribution in [2.24, 2.45) is 5.73 Å². The first-order valence-corrected chi connectivity index (χ1v) is 6.70. The smallest absolute Gasteiger partial charge is 0.0510 e. The van der Waals surface area contributed by atoms with Crippen molar-refractivity contribution in [2.45, 2.75) is 37.8 Å². The SMILES string of the molecule is CN(c1ccccc1Br)C1CCC(N)CC1. The van der Waals surface area contributed by atoms with Crippen LogP contribution in [0.15, 0.2) is 28.7 Å². The van der Waals surface area contributed by atoms with Gasteiger partial charge in [0.05, 0.1) is 5.69 Å². The molecule has 2 rings (SSSR count). The van der Waals surface area contributed by atoms with Gasteiger partial charge in [-0.1, -0.05) is 12.1 Å². The maximum Gasteiger partial charge on any atom is 0.0510 e. The second kappa shape index (κ2) is 5.19. The molecule has 16 heavy (non-hydrogen) atoms. The third-order valence-electron chi connectivity index (χ3n) is 3.52. The van der Waals surface area contributed by atoms with Crippen LogP contribution >= 0.6 is 15.9 Å². The summed E-state index contributed by atoms with van der Waals surface area (Å²) < 4.78 is 1.17. The van der Waals surface area contributed by atoms with E-state index in [9.17, 15) is 0 Å². The molecule has 0 aliphatic heterocycles. The van der Waals surface area contributed by atoms with E-state index in [-0.39, 0.29) is 0 Å². The summed E-state index contributed by atoms with van der Waals surface area (Å²) in [6.45, 7) is 0. The number of anilines is 1. The summed E-state index contributed by atoms with van der Waals surface area (Å²) >= 11 is 3.61. The average molecular weight is 283 g/mol. The van der Waals surface area contributed by atoms with E-state index in [4.69, 9.17) is 5.73 Å². The van der Waals surface area contributed by atoms with Crippen molar-refractivity contribution < 1.29 is 0 Å². The van der Waals surface area contributed by atoms with Crippen molar-refractivity contribution in [1.29, 1.82) is 0 Å². The topological polar surface area (TPSA) is 29.3 Å². The zero-order valence-corrected chi connectivity index (χ0v) is 11.3. The van der Waals surface area contributed by atoms with E-state index >= 15 is 0 Å². The summed E-state index contributed by atoms with van der Waals surface area (Å²) in [6.07, 6.45) is 4.72. The maximum absolute atomic E-state index is 5.94. The molecule has 1 aromatic carbocycles. The summed E-state index contributed by atoms with van der Waals surface area (Å²) in [6, 6.07) is 9.46. The summed E-state index contributed by atoms with van der Waals surface area (Å²) in [4.78, 5) is 2.38. The lowest BCUT2D eigenvalue weighted by Crippen LogP contribution is -2.38. The number of benzene rings is 1. The van der Waals surface area contributed by atoms with E-state index in [1.165, 1.54) is 23.0 Å². The van der Waals surface area contributed by atoms with Crippen LogP contribution < -0.4 is 10.6 Å². The van der Waals surface area contributed by atoms with Gasteiger partial charge in [-0.2, -0.15) is 0 Å². The molecule has 0 bridgehead atoms. The highest BCUT2D eigenvalue weighted by molar-refractivity contribution is 9.10. The molecule has 88 valence electrons. The van der Waals surface area contributed by atoms with Crippen LogP contribution in [0.4, 0.5) is 5.69 Å². The Kier molecular flexibility index (Phi) is 3.87. The van der Waals surface area contributed by atoms with Gasteiger partial charge in [-0.25, -0.2) is 0 Å². The summed E-state index contributed by atoms with van der Waals surface area (Å²) in [5.41, 5.74) is 7.22. The molecule has 0 unspecified atom stereocenters. The predicted octanol–water partition coefficient (Wildman–Crippen LogP) is 3.16. The first-order chi connectivity index (χ1) is 7.68. The van der Waals surface area contributed by atoms with Crippen LogP contribution in [0, 0.1) is 0 Å². The molecule has 0 radical (unpaired) electrons. The summed E-state index contributed by atoms with van der Waals surface area (Å²) in [7, 11) is 2.18. The monoisotopic (exact) mass is 282 g/mol. The van der Waals surface area contributed by atoms with Crippen LogP contribution in [-0.4, -0.2) is 19.1 Å². The number of hydrogen-bond donors (Lipinski definition) is 1. The van der Waals surface area contributed by atoms with Crippen molar-refractivity contribution in [1.82, 2.24) is 0 Å². The summed E-state index contributed by atoms with van der Waals surface area (Å²) in [5, 5.41) is 0. The Labute approximate surface area is 106 Å². The summed E-state index contributed by atoms with van der Waals surface area (Å²) in [5.74, 6) is 0. The van der Waals surface area contributed by atoms with Crippen LogP contribution in [0.3, 0.4) is 0 Å². The van der Waals surface area contributed by atoms with Gasteiger partial charge in [-0.15, -0.1) is 0 Å². The molecule has 0 atom stereocenters. The van der Waals surface area contributed by atoms with Crippen LogP contribution in [-0.2, 0) is 0 Å². The van der Waals surface area contributed by atoms with Gasteiger partial charge in [0.25, 0.3) is 0 Å². The molecular formula is C13H19BrN2. The van der Waals surface area contributed by atoms with Gasteiger partial charge in [0, 0.05) is 23.6 Å². The van der Waals surface area contributed by atoms with Crippen molar-refractivity contribution >= 4 is 21.6 Å². The molecule has 1 aliphatic rings. The van der Waals surface area contributed by atoms with Gasteiger partial charge in [0.1, 0.15) is 0 Å². The standard InChI is InChI=1S/C13H19BrN2/c1-16(11-8-6-10(15)7-9-11)13-5-3-2-4-12(13)14/h2-5,10-11H,6-9,15H2,1H3. The fourth-order valence-corrected chi connectivity index (χ4v) is 2.99. The van der Waals surface area contributed by atoms with Gasteiger partial charge in [-0.05, 0) is 53.7 Å². The van der Waals surface area contributed by atoms with E-state index in [2.05, 4.69) is 52.1 Å². The van der Waals surface area contributed by atoms with Gasteiger partial charge in [-0.3, -0.25) is 0 Å². The van der Waals surface area contributed by atoms with Crippen molar-refractivity contribution in [3.05, 3.63) is 28.7 Å². The van der Waals surface area contributed by atoms with Crippen LogP contribution in [0.5, 0.6) is 0 Å². The van der Waals surface area contributed by atoms with E-state index in [1.807, 2.05) is 0 Å². The lowest BCUT2D eigenvalue weighted by Gasteiger charge is -2.35. The van der Waals surface area contributed by atoms with E-state index in [0.29, 0.717) is 12.1 Å². The molecule has 1 aliphatic carbocycles. The predicted molar refractivity (Wildman–Crippen MR) is 72.8 cm³/mol. The first kappa shape index (κ1) is 11.9. The molecule has 3 heteroatoms. The minimum absolute atomic E-state index is 0.420. The Bertz CT molecular complexity index is 346. The van der Waals surface area contributed by atoms with Crippen molar-refractivity contribution in [3.8, 4) is 0 Å². The number of hydrogen-bond acceptors (Lipinski definition) is 2. The molecular weight excluding hydrogens is 264 g/mol. The van der Waals surface area contributed by atoms with Crippen LogP contribution in [0.1, 0.15) is 25.7 Å². The molecule has 1 aromatic rings.